The second kappa shape index (κ2) is 8.46. The molecule has 0 unspecified atom stereocenters. The molecule has 32 heavy (non-hydrogen) atoms. The minimum atomic E-state index is -0.274. The Labute approximate surface area is 201 Å². The van der Waals surface area contributed by atoms with Gasteiger partial charge in [-0.25, -0.2) is 9.97 Å². The predicted molar refractivity (Wildman–Crippen MR) is 137 cm³/mol. The van der Waals surface area contributed by atoms with E-state index in [-0.39, 0.29) is 5.91 Å². The van der Waals surface area contributed by atoms with Crippen molar-refractivity contribution in [1.29, 1.82) is 0 Å². The third-order valence-corrected chi connectivity index (χ3v) is 7.47. The maximum Gasteiger partial charge on any atom is 0.269 e. The lowest BCUT2D eigenvalue weighted by Crippen LogP contribution is -2.11. The third kappa shape index (κ3) is 3.92. The summed E-state index contributed by atoms with van der Waals surface area (Å²) in [7, 11) is 0. The molecular weight excluding hydrogens is 504 g/mol. The van der Waals surface area contributed by atoms with Crippen molar-refractivity contribution >= 4 is 65.5 Å². The highest BCUT2D eigenvalue weighted by Crippen LogP contribution is 2.41. The zero-order valence-corrected chi connectivity index (χ0v) is 20.1. The van der Waals surface area contributed by atoms with Crippen molar-refractivity contribution < 1.29 is 4.79 Å². The summed E-state index contributed by atoms with van der Waals surface area (Å²) >= 11 is 6.17. The Hall–Kier alpha value is -3.07. The molecule has 0 aliphatic heterocycles. The Morgan fingerprint density at radius 2 is 1.78 bits per heavy atom. The summed E-state index contributed by atoms with van der Waals surface area (Å²) in [6.45, 7) is 1.89. The fraction of sp³-hybridized carbons (Fsp3) is 0.0417. The van der Waals surface area contributed by atoms with E-state index in [2.05, 4.69) is 26.2 Å². The quantitative estimate of drug-likeness (QED) is 0.267. The van der Waals surface area contributed by atoms with Gasteiger partial charge in [-0.1, -0.05) is 58.4 Å². The van der Waals surface area contributed by atoms with Gasteiger partial charge < -0.3 is 5.73 Å². The van der Waals surface area contributed by atoms with Crippen LogP contribution in [0.5, 0.6) is 0 Å². The average molecular weight is 521 g/mol. The highest BCUT2D eigenvalue weighted by atomic mass is 79.9. The number of halogens is 1. The van der Waals surface area contributed by atoms with Gasteiger partial charge in [0.05, 0.1) is 17.1 Å². The zero-order valence-electron chi connectivity index (χ0n) is 16.9. The summed E-state index contributed by atoms with van der Waals surface area (Å²) < 4.78 is 1.00. The Kier molecular flexibility index (Phi) is 5.50. The van der Waals surface area contributed by atoms with Crippen molar-refractivity contribution in [3.05, 3.63) is 81.1 Å². The number of anilines is 2. The van der Waals surface area contributed by atoms with E-state index in [1.807, 2.05) is 73.0 Å². The van der Waals surface area contributed by atoms with Crippen LogP contribution in [-0.4, -0.2) is 15.9 Å². The second-order valence-electron chi connectivity index (χ2n) is 7.20. The van der Waals surface area contributed by atoms with Gasteiger partial charge >= 0.3 is 0 Å². The number of thiazole rings is 1. The first-order valence-electron chi connectivity index (χ1n) is 9.77. The smallest absolute Gasteiger partial charge is 0.269 e. The molecular formula is C24H17BrN4OS2. The number of benzene rings is 2. The summed E-state index contributed by atoms with van der Waals surface area (Å²) in [6.07, 6.45) is 0. The van der Waals surface area contributed by atoms with Crippen molar-refractivity contribution in [3.63, 3.8) is 0 Å². The molecule has 0 aliphatic carbocycles. The molecule has 3 aromatic heterocycles. The van der Waals surface area contributed by atoms with Gasteiger partial charge in [0.1, 0.15) is 9.71 Å². The number of pyridine rings is 1. The van der Waals surface area contributed by atoms with Crippen LogP contribution in [0.3, 0.4) is 0 Å². The minimum absolute atomic E-state index is 0.274. The van der Waals surface area contributed by atoms with Crippen molar-refractivity contribution in [2.45, 2.75) is 6.92 Å². The number of hydrogen-bond acceptors (Lipinski definition) is 6. The summed E-state index contributed by atoms with van der Waals surface area (Å²) in [5, 5.41) is 6.10. The molecule has 5 aromatic rings. The number of nitrogens with zero attached hydrogens (tertiary/aromatic N) is 2. The lowest BCUT2D eigenvalue weighted by atomic mass is 9.99. The number of aryl methyl sites for hydroxylation is 1. The first-order chi connectivity index (χ1) is 15.5. The van der Waals surface area contributed by atoms with Crippen molar-refractivity contribution in [3.8, 4) is 22.4 Å². The van der Waals surface area contributed by atoms with Gasteiger partial charge in [-0.15, -0.1) is 22.7 Å². The summed E-state index contributed by atoms with van der Waals surface area (Å²) in [4.78, 5) is 23.4. The van der Waals surface area contributed by atoms with Crippen LogP contribution < -0.4 is 11.1 Å². The van der Waals surface area contributed by atoms with Crippen LogP contribution in [0.25, 0.3) is 32.6 Å². The van der Waals surface area contributed by atoms with E-state index in [9.17, 15) is 4.79 Å². The molecule has 3 heterocycles. The monoisotopic (exact) mass is 520 g/mol. The molecule has 0 saturated carbocycles. The Morgan fingerprint density at radius 1 is 1.03 bits per heavy atom. The molecule has 5 nitrogen and oxygen atoms in total. The minimum Gasteiger partial charge on any atom is -0.397 e. The molecule has 5 rings (SSSR count). The standard InChI is InChI=1S/C24H17BrN4OS2/c1-13-12-31-24(27-13)29-22(30)21-20(26)19-17(14-5-3-2-4-6-14)11-18(28-23(19)32-21)15-7-9-16(25)10-8-15/h2-12H,26H2,1H3,(H,27,29,30). The van der Waals surface area contributed by atoms with Crippen molar-refractivity contribution in [2.75, 3.05) is 11.1 Å². The van der Waals surface area contributed by atoms with E-state index in [0.29, 0.717) is 15.7 Å². The number of nitrogens with two attached hydrogens (primary N) is 1. The van der Waals surface area contributed by atoms with Gasteiger partial charge in [0, 0.05) is 20.8 Å². The van der Waals surface area contributed by atoms with Gasteiger partial charge in [-0.05, 0) is 36.2 Å². The van der Waals surface area contributed by atoms with Crippen LogP contribution in [0.2, 0.25) is 0 Å². The second-order valence-corrected chi connectivity index (χ2v) is 9.97. The SMILES string of the molecule is Cc1csc(NC(=O)c2sc3nc(-c4ccc(Br)cc4)cc(-c4ccccc4)c3c2N)n1. The van der Waals surface area contributed by atoms with Gasteiger partial charge in [-0.2, -0.15) is 0 Å². The number of fused-ring (bicyclic) bond motifs is 1. The van der Waals surface area contributed by atoms with Crippen LogP contribution in [0.1, 0.15) is 15.4 Å². The molecule has 0 aliphatic rings. The highest BCUT2D eigenvalue weighted by Gasteiger charge is 2.22. The molecule has 0 fully saturated rings. The maximum absolute atomic E-state index is 13.0. The first-order valence-corrected chi connectivity index (χ1v) is 12.3. The van der Waals surface area contributed by atoms with Crippen molar-refractivity contribution in [1.82, 2.24) is 9.97 Å². The number of carbonyl (C=O) groups is 1. The van der Waals surface area contributed by atoms with E-state index in [1.54, 1.807) is 0 Å². The summed E-state index contributed by atoms with van der Waals surface area (Å²) in [5.41, 5.74) is 11.6. The molecule has 0 bridgehead atoms. The van der Waals surface area contributed by atoms with Gasteiger partial charge in [-0.3, -0.25) is 10.1 Å². The topological polar surface area (TPSA) is 80.9 Å². The van der Waals surface area contributed by atoms with Crippen LogP contribution >= 0.6 is 38.6 Å². The Morgan fingerprint density at radius 3 is 2.47 bits per heavy atom. The van der Waals surface area contributed by atoms with Gasteiger partial charge in [0.2, 0.25) is 0 Å². The number of hydrogen-bond donors (Lipinski definition) is 2. The first kappa shape index (κ1) is 20.8. The number of nitrogen functional groups attached to an aromatic ring is 1. The molecule has 0 atom stereocenters. The van der Waals surface area contributed by atoms with E-state index in [1.165, 1.54) is 22.7 Å². The molecule has 3 N–H and O–H groups in total. The number of aromatic nitrogens is 2. The van der Waals surface area contributed by atoms with E-state index in [4.69, 9.17) is 10.7 Å². The third-order valence-electron chi connectivity index (χ3n) is 4.97. The van der Waals surface area contributed by atoms with Crippen LogP contribution in [0.4, 0.5) is 10.8 Å². The Balaban J connectivity index is 1.68. The van der Waals surface area contributed by atoms with E-state index in [0.717, 1.165) is 42.8 Å². The lowest BCUT2D eigenvalue weighted by Gasteiger charge is -2.09. The lowest BCUT2D eigenvalue weighted by molar-refractivity contribution is 0.103. The molecule has 158 valence electrons. The number of rotatable bonds is 4. The molecule has 2 aromatic carbocycles. The van der Waals surface area contributed by atoms with Crippen LogP contribution in [0.15, 0.2) is 70.5 Å². The molecule has 0 saturated heterocycles. The van der Waals surface area contributed by atoms with Crippen molar-refractivity contribution in [2.24, 2.45) is 0 Å². The van der Waals surface area contributed by atoms with Gasteiger partial charge in [0.25, 0.3) is 5.91 Å². The number of nitrogens with one attached hydrogen (secondary N) is 1. The number of amides is 1. The largest absolute Gasteiger partial charge is 0.397 e. The van der Waals surface area contributed by atoms with Crippen LogP contribution in [0, 0.1) is 6.92 Å². The predicted octanol–water partition coefficient (Wildman–Crippen LogP) is 6.99. The fourth-order valence-corrected chi connectivity index (χ4v) is 5.43. The summed E-state index contributed by atoms with van der Waals surface area (Å²) in [6, 6.07) is 20.1. The molecule has 0 spiro atoms. The summed E-state index contributed by atoms with van der Waals surface area (Å²) in [5.74, 6) is -0.274. The normalized spacial score (nSPS) is 11.1. The fourth-order valence-electron chi connectivity index (χ4n) is 3.47. The van der Waals surface area contributed by atoms with E-state index < -0.39 is 0 Å². The Bertz CT molecular complexity index is 1440. The van der Waals surface area contributed by atoms with Gasteiger partial charge in [0.15, 0.2) is 5.13 Å². The average Bonchev–Trinajstić information content (AvgIpc) is 3.36. The zero-order chi connectivity index (χ0) is 22.2. The molecule has 8 heteroatoms. The number of carbonyl (C=O) groups excluding carboxylic acids is 1. The highest BCUT2D eigenvalue weighted by molar-refractivity contribution is 9.10. The maximum atomic E-state index is 13.0. The molecule has 0 radical (unpaired) electrons. The number of thiophene rings is 1. The van der Waals surface area contributed by atoms with E-state index >= 15 is 0 Å². The molecule has 1 amide bonds. The van der Waals surface area contributed by atoms with Crippen LogP contribution in [-0.2, 0) is 0 Å².